The molecule has 0 amide bonds. The summed E-state index contributed by atoms with van der Waals surface area (Å²) in [6.07, 6.45) is 0.669. The minimum atomic E-state index is -3.87. The summed E-state index contributed by atoms with van der Waals surface area (Å²) < 4.78 is 32.5. The van der Waals surface area contributed by atoms with Crippen LogP contribution in [0.4, 0.5) is 0 Å². The van der Waals surface area contributed by atoms with Crippen LogP contribution in [0.2, 0.25) is 0 Å². The average molecular weight is 502 g/mol. The fraction of sp³-hybridized carbons (Fsp3) is 0.0690. The van der Waals surface area contributed by atoms with Gasteiger partial charge in [0.1, 0.15) is 22.2 Å². The second-order valence-corrected chi connectivity index (χ2v) is 11.1. The molecule has 1 aliphatic heterocycles. The third kappa shape index (κ3) is 2.55. The lowest BCUT2D eigenvalue weighted by Gasteiger charge is -2.23. The van der Waals surface area contributed by atoms with Crippen LogP contribution in [0.5, 0.6) is 0 Å². The Hall–Kier alpha value is -4.56. The second-order valence-electron chi connectivity index (χ2n) is 9.21. The largest absolute Gasteiger partial charge is 0.294 e. The standard InChI is InChI=1S/C29H19N5O2S/c1-2-25-30-21-16-15-18(27-26(21)33(25)23-13-7-8-14-24(23)37(27,35)36)29-31-19-10-4-3-9-17(19)28-32-20-11-5-6-12-22(20)34(28)29/h3-16H,2H2,1H3. The van der Waals surface area contributed by atoms with Crippen molar-refractivity contribution in [2.45, 2.75) is 23.1 Å². The van der Waals surface area contributed by atoms with Gasteiger partial charge in [-0.05, 0) is 48.5 Å². The molecule has 3 aromatic heterocycles. The van der Waals surface area contributed by atoms with Gasteiger partial charge in [-0.1, -0.05) is 43.3 Å². The summed E-state index contributed by atoms with van der Waals surface area (Å²) in [5.41, 5.74) is 5.61. The summed E-state index contributed by atoms with van der Waals surface area (Å²) in [7, 11) is -3.87. The minimum Gasteiger partial charge on any atom is -0.294 e. The van der Waals surface area contributed by atoms with E-state index in [1.807, 2.05) is 88.7 Å². The lowest BCUT2D eigenvalue weighted by atomic mass is 10.1. The highest BCUT2D eigenvalue weighted by molar-refractivity contribution is 7.92. The topological polar surface area (TPSA) is 82.2 Å². The summed E-state index contributed by atoms with van der Waals surface area (Å²) in [5, 5.41) is 0.906. The van der Waals surface area contributed by atoms with Crippen molar-refractivity contribution in [2.24, 2.45) is 0 Å². The van der Waals surface area contributed by atoms with E-state index >= 15 is 0 Å². The maximum Gasteiger partial charge on any atom is 0.211 e. The Morgan fingerprint density at radius 2 is 1.51 bits per heavy atom. The molecule has 8 heteroatoms. The van der Waals surface area contributed by atoms with Gasteiger partial charge in [0, 0.05) is 17.4 Å². The van der Waals surface area contributed by atoms with Gasteiger partial charge in [0.15, 0.2) is 0 Å². The number of sulfone groups is 1. The molecular formula is C29H19N5O2S. The van der Waals surface area contributed by atoms with Crippen molar-refractivity contribution < 1.29 is 8.42 Å². The fourth-order valence-corrected chi connectivity index (χ4v) is 7.45. The number of rotatable bonds is 2. The first-order chi connectivity index (χ1) is 18.1. The Morgan fingerprint density at radius 1 is 0.757 bits per heavy atom. The van der Waals surface area contributed by atoms with Crippen molar-refractivity contribution in [3.8, 4) is 17.1 Å². The van der Waals surface area contributed by atoms with Gasteiger partial charge < -0.3 is 0 Å². The van der Waals surface area contributed by atoms with Crippen molar-refractivity contribution >= 4 is 48.5 Å². The summed E-state index contributed by atoms with van der Waals surface area (Å²) in [4.78, 5) is 15.3. The summed E-state index contributed by atoms with van der Waals surface area (Å²) in [5.74, 6) is 1.36. The van der Waals surface area contributed by atoms with Crippen LogP contribution >= 0.6 is 0 Å². The van der Waals surface area contributed by atoms with Crippen LogP contribution in [0.1, 0.15) is 12.7 Å². The Balaban J connectivity index is 1.62. The van der Waals surface area contributed by atoms with Gasteiger partial charge in [-0.2, -0.15) is 0 Å². The molecule has 37 heavy (non-hydrogen) atoms. The van der Waals surface area contributed by atoms with Gasteiger partial charge in [0.05, 0.1) is 38.2 Å². The van der Waals surface area contributed by atoms with E-state index in [-0.39, 0.29) is 9.79 Å². The van der Waals surface area contributed by atoms with Crippen LogP contribution in [-0.4, -0.2) is 32.3 Å². The van der Waals surface area contributed by atoms with Crippen molar-refractivity contribution in [1.29, 1.82) is 0 Å². The van der Waals surface area contributed by atoms with Gasteiger partial charge in [0.2, 0.25) is 9.84 Å². The number of hydrogen-bond acceptors (Lipinski definition) is 5. The van der Waals surface area contributed by atoms with E-state index in [2.05, 4.69) is 0 Å². The Bertz CT molecular complexity index is 2210. The van der Waals surface area contributed by atoms with Crippen LogP contribution in [0.15, 0.2) is 94.7 Å². The molecule has 0 radical (unpaired) electrons. The molecule has 0 saturated carbocycles. The van der Waals surface area contributed by atoms with Gasteiger partial charge >= 0.3 is 0 Å². The maximum atomic E-state index is 14.3. The third-order valence-corrected chi connectivity index (χ3v) is 9.08. The molecular weight excluding hydrogens is 482 g/mol. The molecule has 0 aliphatic carbocycles. The van der Waals surface area contributed by atoms with Gasteiger partial charge in [-0.15, -0.1) is 0 Å². The van der Waals surface area contributed by atoms with Crippen molar-refractivity contribution in [2.75, 3.05) is 0 Å². The molecule has 0 atom stereocenters. The predicted molar refractivity (Wildman–Crippen MR) is 143 cm³/mol. The zero-order valence-electron chi connectivity index (χ0n) is 19.8. The highest BCUT2D eigenvalue weighted by Gasteiger charge is 2.36. The van der Waals surface area contributed by atoms with Crippen LogP contribution in [-0.2, 0) is 16.3 Å². The van der Waals surface area contributed by atoms with E-state index in [0.29, 0.717) is 34.5 Å². The molecule has 4 heterocycles. The minimum absolute atomic E-state index is 0.234. The number of fused-ring (bicyclic) bond motifs is 7. The molecule has 0 N–H and O–H groups in total. The Labute approximate surface area is 211 Å². The number of imidazole rings is 2. The zero-order valence-corrected chi connectivity index (χ0v) is 20.6. The number of hydrogen-bond donors (Lipinski definition) is 0. The monoisotopic (exact) mass is 501 g/mol. The molecule has 0 fully saturated rings. The highest BCUT2D eigenvalue weighted by Crippen LogP contribution is 2.44. The third-order valence-electron chi connectivity index (χ3n) is 7.21. The van der Waals surface area contributed by atoms with Crippen LogP contribution < -0.4 is 0 Å². The number of aromatic nitrogens is 5. The zero-order chi connectivity index (χ0) is 24.9. The molecule has 0 spiro atoms. The first-order valence-electron chi connectivity index (χ1n) is 12.1. The van der Waals surface area contributed by atoms with E-state index in [1.54, 1.807) is 12.1 Å². The van der Waals surface area contributed by atoms with Crippen molar-refractivity contribution in [3.05, 3.63) is 90.8 Å². The SMILES string of the molecule is CCc1nc2ccc(-c3nc4ccccc4c4nc5ccccc5n34)c3c2n1-c1ccccc1S3(=O)=O. The van der Waals surface area contributed by atoms with Crippen molar-refractivity contribution in [1.82, 2.24) is 23.9 Å². The number of nitrogens with zero attached hydrogens (tertiary/aromatic N) is 5. The summed E-state index contributed by atoms with van der Waals surface area (Å²) >= 11 is 0. The van der Waals surface area contributed by atoms with E-state index < -0.39 is 9.84 Å². The lowest BCUT2D eigenvalue weighted by Crippen LogP contribution is -2.17. The molecule has 7 nitrogen and oxygen atoms in total. The number of para-hydroxylation sites is 4. The predicted octanol–water partition coefficient (Wildman–Crippen LogP) is 5.75. The fourth-order valence-electron chi connectivity index (χ4n) is 5.64. The molecule has 0 saturated heterocycles. The number of benzene rings is 4. The van der Waals surface area contributed by atoms with Gasteiger partial charge in [0.25, 0.3) is 0 Å². The average Bonchev–Trinajstić information content (AvgIpc) is 3.50. The summed E-state index contributed by atoms with van der Waals surface area (Å²) in [6.45, 7) is 2.03. The van der Waals surface area contributed by atoms with E-state index in [0.717, 1.165) is 33.4 Å². The van der Waals surface area contributed by atoms with Gasteiger partial charge in [-0.3, -0.25) is 8.97 Å². The lowest BCUT2D eigenvalue weighted by molar-refractivity contribution is 0.594. The Morgan fingerprint density at radius 3 is 2.38 bits per heavy atom. The van der Waals surface area contributed by atoms with Gasteiger partial charge in [-0.25, -0.2) is 23.4 Å². The molecule has 0 unspecified atom stereocenters. The van der Waals surface area contributed by atoms with E-state index in [1.165, 1.54) is 0 Å². The molecule has 0 bridgehead atoms. The van der Waals surface area contributed by atoms with Crippen LogP contribution in [0.25, 0.3) is 55.7 Å². The maximum absolute atomic E-state index is 14.3. The first-order valence-corrected chi connectivity index (χ1v) is 13.6. The smallest absolute Gasteiger partial charge is 0.211 e. The normalized spacial score (nSPS) is 14.1. The quantitative estimate of drug-likeness (QED) is 0.301. The van der Waals surface area contributed by atoms with Crippen LogP contribution in [0, 0.1) is 0 Å². The molecule has 1 aliphatic rings. The second kappa shape index (κ2) is 7.02. The summed E-state index contributed by atoms with van der Waals surface area (Å²) in [6, 6.07) is 26.6. The van der Waals surface area contributed by atoms with Crippen molar-refractivity contribution in [3.63, 3.8) is 0 Å². The van der Waals surface area contributed by atoms with E-state index in [9.17, 15) is 8.42 Å². The highest BCUT2D eigenvalue weighted by atomic mass is 32.2. The first kappa shape index (κ1) is 20.6. The molecule has 178 valence electrons. The molecule has 4 aromatic carbocycles. The number of aryl methyl sites for hydroxylation is 1. The molecule has 8 rings (SSSR count). The van der Waals surface area contributed by atoms with Crippen LogP contribution in [0.3, 0.4) is 0 Å². The Kier molecular flexibility index (Phi) is 3.91. The molecule has 7 aromatic rings. The van der Waals surface area contributed by atoms with E-state index in [4.69, 9.17) is 15.0 Å².